The van der Waals surface area contributed by atoms with Gasteiger partial charge in [0.2, 0.25) is 0 Å². The number of methoxy groups -OCH3 is 1. The molecule has 7 nitrogen and oxygen atoms in total. The zero-order valence-electron chi connectivity index (χ0n) is 18.6. The number of carboxylic acids is 1. The molecule has 0 spiro atoms. The van der Waals surface area contributed by atoms with E-state index in [1.54, 1.807) is 36.4 Å². The average molecular weight is 494 g/mol. The number of thioether (sulfide) groups is 1. The van der Waals surface area contributed by atoms with Crippen molar-refractivity contribution < 1.29 is 33.4 Å². The van der Waals surface area contributed by atoms with Crippen LogP contribution in [0.2, 0.25) is 0 Å². The van der Waals surface area contributed by atoms with E-state index >= 15 is 0 Å². The fourth-order valence-corrected chi connectivity index (χ4v) is 4.25. The molecule has 0 unspecified atom stereocenters. The smallest absolute Gasteiger partial charge is 0.335 e. The van der Waals surface area contributed by atoms with E-state index in [1.165, 1.54) is 43.5 Å². The maximum absolute atomic E-state index is 13.1. The highest BCUT2D eigenvalue weighted by molar-refractivity contribution is 8.18. The lowest BCUT2D eigenvalue weighted by molar-refractivity contribution is -0.123. The van der Waals surface area contributed by atoms with Crippen LogP contribution in [-0.4, -0.2) is 34.2 Å². The second-order valence-corrected chi connectivity index (χ2v) is 8.59. The van der Waals surface area contributed by atoms with Crippen molar-refractivity contribution in [2.24, 2.45) is 0 Å². The van der Waals surface area contributed by atoms with Crippen molar-refractivity contribution in [3.05, 3.63) is 99.7 Å². The van der Waals surface area contributed by atoms with Crippen molar-refractivity contribution in [3.63, 3.8) is 0 Å². The van der Waals surface area contributed by atoms with Gasteiger partial charge in [-0.25, -0.2) is 9.18 Å². The molecule has 1 saturated heterocycles. The Labute approximate surface area is 204 Å². The highest BCUT2D eigenvalue weighted by Crippen LogP contribution is 2.35. The largest absolute Gasteiger partial charge is 0.493 e. The first-order valence-corrected chi connectivity index (χ1v) is 11.3. The molecule has 1 aliphatic heterocycles. The van der Waals surface area contributed by atoms with Crippen LogP contribution in [-0.2, 0) is 17.9 Å². The SMILES string of the molecule is COc1cc(/C=C2\SC(=O)N(Cc3ccc(F)cc3)C2=O)ccc1OCc1cccc(C(=O)O)c1. The molecule has 9 heteroatoms. The number of ether oxygens (including phenoxy) is 2. The number of aromatic carboxylic acids is 1. The number of nitrogens with zero attached hydrogens (tertiary/aromatic N) is 1. The topological polar surface area (TPSA) is 93.1 Å². The quantitative estimate of drug-likeness (QED) is 0.423. The van der Waals surface area contributed by atoms with Crippen molar-refractivity contribution in [1.82, 2.24) is 4.90 Å². The molecule has 1 aliphatic rings. The van der Waals surface area contributed by atoms with Crippen LogP contribution in [0, 0.1) is 5.82 Å². The van der Waals surface area contributed by atoms with Gasteiger partial charge in [0.05, 0.1) is 24.1 Å². The van der Waals surface area contributed by atoms with Crippen molar-refractivity contribution in [3.8, 4) is 11.5 Å². The third-order valence-electron chi connectivity index (χ3n) is 5.18. The summed E-state index contributed by atoms with van der Waals surface area (Å²) in [6.45, 7) is 0.195. The third kappa shape index (κ3) is 5.70. The van der Waals surface area contributed by atoms with Crippen LogP contribution < -0.4 is 9.47 Å². The van der Waals surface area contributed by atoms with Crippen LogP contribution in [0.15, 0.2) is 71.6 Å². The van der Waals surface area contributed by atoms with Crippen molar-refractivity contribution >= 4 is 35.0 Å². The first-order valence-electron chi connectivity index (χ1n) is 10.5. The highest BCUT2D eigenvalue weighted by atomic mass is 32.2. The first kappa shape index (κ1) is 24.0. The lowest BCUT2D eigenvalue weighted by atomic mass is 10.1. The Morgan fingerprint density at radius 3 is 2.51 bits per heavy atom. The Hall–Kier alpha value is -4.11. The number of carbonyl (C=O) groups excluding carboxylic acids is 2. The summed E-state index contributed by atoms with van der Waals surface area (Å²) in [4.78, 5) is 37.7. The molecule has 178 valence electrons. The van der Waals surface area contributed by atoms with Crippen LogP contribution >= 0.6 is 11.8 Å². The molecule has 1 N–H and O–H groups in total. The van der Waals surface area contributed by atoms with E-state index in [-0.39, 0.29) is 23.6 Å². The summed E-state index contributed by atoms with van der Waals surface area (Å²) in [5, 5.41) is 8.73. The van der Waals surface area contributed by atoms with E-state index in [4.69, 9.17) is 14.6 Å². The zero-order valence-corrected chi connectivity index (χ0v) is 19.4. The van der Waals surface area contributed by atoms with Gasteiger partial charge in [-0.3, -0.25) is 14.5 Å². The third-order valence-corrected chi connectivity index (χ3v) is 6.09. The molecule has 1 heterocycles. The van der Waals surface area contributed by atoms with Gasteiger partial charge in [0, 0.05) is 0 Å². The minimum absolute atomic E-state index is 0.0570. The number of benzene rings is 3. The highest BCUT2D eigenvalue weighted by Gasteiger charge is 2.35. The van der Waals surface area contributed by atoms with Gasteiger partial charge in [0.1, 0.15) is 12.4 Å². The number of imide groups is 1. The van der Waals surface area contributed by atoms with Gasteiger partial charge in [0.15, 0.2) is 11.5 Å². The number of carbonyl (C=O) groups is 3. The second kappa shape index (κ2) is 10.4. The van der Waals surface area contributed by atoms with Crippen LogP contribution in [0.4, 0.5) is 9.18 Å². The molecule has 0 atom stereocenters. The van der Waals surface area contributed by atoms with Gasteiger partial charge in [0.25, 0.3) is 11.1 Å². The van der Waals surface area contributed by atoms with Gasteiger partial charge in [-0.2, -0.15) is 0 Å². The standard InChI is InChI=1S/C26H20FNO6S/c1-33-22-12-17(7-10-21(22)34-15-18-3-2-4-19(11-18)25(30)31)13-23-24(29)28(26(32)35-23)14-16-5-8-20(27)9-6-16/h2-13H,14-15H2,1H3,(H,30,31)/b23-13-. The van der Waals surface area contributed by atoms with Crippen LogP contribution in [0.5, 0.6) is 11.5 Å². The van der Waals surface area contributed by atoms with Gasteiger partial charge in [-0.15, -0.1) is 0 Å². The molecule has 2 amide bonds. The van der Waals surface area contributed by atoms with E-state index in [2.05, 4.69) is 0 Å². The predicted octanol–water partition coefficient (Wildman–Crippen LogP) is 5.35. The van der Waals surface area contributed by atoms with Crippen LogP contribution in [0.3, 0.4) is 0 Å². The Morgan fingerprint density at radius 2 is 1.80 bits per heavy atom. The average Bonchev–Trinajstić information content (AvgIpc) is 3.11. The minimum Gasteiger partial charge on any atom is -0.493 e. The molecular formula is C26H20FNO6S. The molecule has 0 aromatic heterocycles. The first-order chi connectivity index (χ1) is 16.8. The molecule has 35 heavy (non-hydrogen) atoms. The fourth-order valence-electron chi connectivity index (χ4n) is 3.41. The maximum atomic E-state index is 13.1. The fraction of sp³-hybridized carbons (Fsp3) is 0.115. The number of hydrogen-bond donors (Lipinski definition) is 1. The van der Waals surface area contributed by atoms with E-state index in [0.717, 1.165) is 16.7 Å². The summed E-state index contributed by atoms with van der Waals surface area (Å²) >= 11 is 0.832. The monoisotopic (exact) mass is 493 g/mol. The number of hydrogen-bond acceptors (Lipinski definition) is 6. The molecule has 3 aromatic rings. The van der Waals surface area contributed by atoms with Gasteiger partial charge >= 0.3 is 5.97 Å². The zero-order chi connectivity index (χ0) is 24.9. The number of carboxylic acid groups (broad SMARTS) is 1. The van der Waals surface area contributed by atoms with E-state index in [0.29, 0.717) is 28.2 Å². The number of halogens is 1. The van der Waals surface area contributed by atoms with Crippen molar-refractivity contribution in [2.45, 2.75) is 13.2 Å². The molecule has 0 saturated carbocycles. The Kier molecular flexibility index (Phi) is 7.17. The Balaban J connectivity index is 1.47. The lowest BCUT2D eigenvalue weighted by Gasteiger charge is -2.12. The Bertz CT molecular complexity index is 1320. The van der Waals surface area contributed by atoms with E-state index < -0.39 is 22.9 Å². The Morgan fingerprint density at radius 1 is 1.03 bits per heavy atom. The summed E-state index contributed by atoms with van der Waals surface area (Å²) < 4.78 is 24.3. The van der Waals surface area contributed by atoms with Crippen LogP contribution in [0.25, 0.3) is 6.08 Å². The maximum Gasteiger partial charge on any atom is 0.335 e. The summed E-state index contributed by atoms with van der Waals surface area (Å²) in [5.74, 6) is -0.982. The summed E-state index contributed by atoms with van der Waals surface area (Å²) in [6, 6.07) is 17.1. The summed E-state index contributed by atoms with van der Waals surface area (Å²) in [6.07, 6.45) is 1.60. The molecule has 0 aliphatic carbocycles. The molecule has 0 bridgehead atoms. The molecule has 1 fully saturated rings. The number of rotatable bonds is 8. The molecule has 4 rings (SSSR count). The molecule has 3 aromatic carbocycles. The lowest BCUT2D eigenvalue weighted by Crippen LogP contribution is -2.27. The second-order valence-electron chi connectivity index (χ2n) is 7.60. The normalized spacial score (nSPS) is 14.5. The molecule has 0 radical (unpaired) electrons. The van der Waals surface area contributed by atoms with Crippen molar-refractivity contribution in [2.75, 3.05) is 7.11 Å². The van der Waals surface area contributed by atoms with Crippen LogP contribution in [0.1, 0.15) is 27.0 Å². The predicted molar refractivity (Wildman–Crippen MR) is 129 cm³/mol. The molecular weight excluding hydrogens is 473 g/mol. The van der Waals surface area contributed by atoms with E-state index in [1.807, 2.05) is 0 Å². The van der Waals surface area contributed by atoms with Gasteiger partial charge < -0.3 is 14.6 Å². The minimum atomic E-state index is -1.02. The van der Waals surface area contributed by atoms with Gasteiger partial charge in [-0.1, -0.05) is 30.3 Å². The van der Waals surface area contributed by atoms with E-state index in [9.17, 15) is 18.8 Å². The summed E-state index contributed by atoms with van der Waals surface area (Å²) in [5.41, 5.74) is 2.13. The van der Waals surface area contributed by atoms with Gasteiger partial charge in [-0.05, 0) is 70.9 Å². The van der Waals surface area contributed by atoms with Crippen molar-refractivity contribution in [1.29, 1.82) is 0 Å². The number of amides is 2. The summed E-state index contributed by atoms with van der Waals surface area (Å²) in [7, 11) is 1.48.